The average molecular weight is 198 g/mol. The molecule has 0 heterocycles. The predicted octanol–water partition coefficient (Wildman–Crippen LogP) is 0.294. The molecule has 1 rings (SSSR count). The fourth-order valence-corrected chi connectivity index (χ4v) is 1.06. The first kappa shape index (κ1) is 11.0. The van der Waals surface area contributed by atoms with E-state index >= 15 is 0 Å². The molecule has 1 aromatic carbocycles. The fraction of sp³-hybridized carbons (Fsp3) is 0.333. The first-order valence-corrected chi connectivity index (χ1v) is 4.43. The maximum Gasteiger partial charge on any atom is 0.492 e. The third-order valence-corrected chi connectivity index (χ3v) is 1.71. The van der Waals surface area contributed by atoms with Gasteiger partial charge < -0.3 is 14.8 Å². The van der Waals surface area contributed by atoms with Crippen LogP contribution in [0.15, 0.2) is 18.2 Å². The Labute approximate surface area is 82.3 Å². The van der Waals surface area contributed by atoms with E-state index in [9.17, 15) is 4.39 Å². The van der Waals surface area contributed by atoms with Gasteiger partial charge in [-0.15, -0.1) is 0 Å². The summed E-state index contributed by atoms with van der Waals surface area (Å²) in [7, 11) is -1.71. The van der Waals surface area contributed by atoms with Gasteiger partial charge in [0, 0.05) is 5.46 Å². The summed E-state index contributed by atoms with van der Waals surface area (Å²) >= 11 is 0. The Morgan fingerprint density at radius 1 is 1.43 bits per heavy atom. The largest absolute Gasteiger partial charge is 0.494 e. The highest BCUT2D eigenvalue weighted by atomic mass is 19.1. The van der Waals surface area contributed by atoms with Gasteiger partial charge in [0.2, 0.25) is 0 Å². The average Bonchev–Trinajstić information content (AvgIpc) is 2.15. The van der Waals surface area contributed by atoms with E-state index in [0.29, 0.717) is 12.4 Å². The third-order valence-electron chi connectivity index (χ3n) is 1.71. The van der Waals surface area contributed by atoms with Gasteiger partial charge in [0.1, 0.15) is 11.6 Å². The number of ether oxygens (including phenoxy) is 1. The Kier molecular flexibility index (Phi) is 3.91. The van der Waals surface area contributed by atoms with Crippen LogP contribution in [-0.4, -0.2) is 23.8 Å². The van der Waals surface area contributed by atoms with Crippen molar-refractivity contribution in [2.75, 3.05) is 6.61 Å². The lowest BCUT2D eigenvalue weighted by atomic mass is 9.79. The Bertz CT molecular complexity index is 304. The third kappa shape index (κ3) is 2.72. The van der Waals surface area contributed by atoms with Crippen molar-refractivity contribution >= 4 is 12.6 Å². The maximum absolute atomic E-state index is 12.8. The molecular formula is C9H12BFO3. The van der Waals surface area contributed by atoms with Gasteiger partial charge in [0.25, 0.3) is 0 Å². The molecule has 0 saturated carbocycles. The second kappa shape index (κ2) is 4.98. The minimum atomic E-state index is -1.71. The standard InChI is InChI=1S/C9H12BFO3/c1-2-5-14-9-4-3-7(11)6-8(9)10(12)13/h3-4,6,12-13H,2,5H2,1H3. The lowest BCUT2D eigenvalue weighted by molar-refractivity contribution is 0.317. The van der Waals surface area contributed by atoms with Crippen LogP contribution in [0.25, 0.3) is 0 Å². The highest BCUT2D eigenvalue weighted by molar-refractivity contribution is 6.59. The summed E-state index contributed by atoms with van der Waals surface area (Å²) in [5.41, 5.74) is 0.0541. The molecule has 0 fully saturated rings. The Morgan fingerprint density at radius 2 is 2.14 bits per heavy atom. The normalized spacial score (nSPS) is 10.0. The molecule has 0 radical (unpaired) electrons. The van der Waals surface area contributed by atoms with Crippen LogP contribution in [0.5, 0.6) is 5.75 Å². The Hall–Kier alpha value is -1.07. The smallest absolute Gasteiger partial charge is 0.492 e. The van der Waals surface area contributed by atoms with Gasteiger partial charge in [-0.05, 0) is 24.6 Å². The molecule has 0 saturated heterocycles. The molecule has 2 N–H and O–H groups in total. The molecule has 1 aromatic rings. The fourth-order valence-electron chi connectivity index (χ4n) is 1.06. The number of benzene rings is 1. The van der Waals surface area contributed by atoms with Crippen molar-refractivity contribution in [3.63, 3.8) is 0 Å². The minimum Gasteiger partial charge on any atom is -0.494 e. The Morgan fingerprint density at radius 3 is 2.71 bits per heavy atom. The summed E-state index contributed by atoms with van der Waals surface area (Å²) in [5, 5.41) is 17.9. The predicted molar refractivity (Wildman–Crippen MR) is 52.0 cm³/mol. The molecule has 5 heteroatoms. The Balaban J connectivity index is 2.90. The van der Waals surface area contributed by atoms with Gasteiger partial charge in [0.05, 0.1) is 6.61 Å². The van der Waals surface area contributed by atoms with Gasteiger partial charge in [-0.25, -0.2) is 4.39 Å². The molecule has 0 bridgehead atoms. The summed E-state index contributed by atoms with van der Waals surface area (Å²) in [6.07, 6.45) is 0.804. The monoisotopic (exact) mass is 198 g/mol. The SMILES string of the molecule is CCCOc1ccc(F)cc1B(O)O. The van der Waals surface area contributed by atoms with E-state index in [-0.39, 0.29) is 5.46 Å². The zero-order chi connectivity index (χ0) is 10.6. The van der Waals surface area contributed by atoms with Gasteiger partial charge in [-0.1, -0.05) is 6.92 Å². The van der Waals surface area contributed by atoms with Crippen molar-refractivity contribution in [1.29, 1.82) is 0 Å². The van der Waals surface area contributed by atoms with E-state index in [1.807, 2.05) is 6.92 Å². The van der Waals surface area contributed by atoms with Crippen LogP contribution in [0, 0.1) is 5.82 Å². The van der Waals surface area contributed by atoms with Crippen LogP contribution >= 0.6 is 0 Å². The molecule has 0 atom stereocenters. The van der Waals surface area contributed by atoms with Crippen molar-refractivity contribution in [1.82, 2.24) is 0 Å². The lowest BCUT2D eigenvalue weighted by Crippen LogP contribution is -2.31. The summed E-state index contributed by atoms with van der Waals surface area (Å²) in [4.78, 5) is 0. The van der Waals surface area contributed by atoms with Crippen molar-refractivity contribution in [2.24, 2.45) is 0 Å². The van der Waals surface area contributed by atoms with Gasteiger partial charge in [-0.2, -0.15) is 0 Å². The molecule has 0 aromatic heterocycles. The first-order valence-electron chi connectivity index (χ1n) is 4.43. The van der Waals surface area contributed by atoms with Crippen molar-refractivity contribution < 1.29 is 19.2 Å². The van der Waals surface area contributed by atoms with Crippen molar-refractivity contribution in [3.8, 4) is 5.75 Å². The van der Waals surface area contributed by atoms with E-state index < -0.39 is 12.9 Å². The number of rotatable bonds is 4. The molecule has 14 heavy (non-hydrogen) atoms. The van der Waals surface area contributed by atoms with Crippen molar-refractivity contribution in [3.05, 3.63) is 24.0 Å². The second-order valence-electron chi connectivity index (χ2n) is 2.90. The van der Waals surface area contributed by atoms with Crippen LogP contribution < -0.4 is 10.2 Å². The summed E-state index contributed by atoms with van der Waals surface area (Å²) in [6.45, 7) is 2.39. The molecule has 0 aliphatic carbocycles. The van der Waals surface area contributed by atoms with Crippen LogP contribution in [0.1, 0.15) is 13.3 Å². The summed E-state index contributed by atoms with van der Waals surface area (Å²) in [6, 6.07) is 3.66. The summed E-state index contributed by atoms with van der Waals surface area (Å²) < 4.78 is 18.0. The van der Waals surface area contributed by atoms with Crippen LogP contribution in [0.2, 0.25) is 0 Å². The number of hydrogen-bond donors (Lipinski definition) is 2. The van der Waals surface area contributed by atoms with Gasteiger partial charge >= 0.3 is 7.12 Å². The highest BCUT2D eigenvalue weighted by Crippen LogP contribution is 2.09. The minimum absolute atomic E-state index is 0.0541. The second-order valence-corrected chi connectivity index (χ2v) is 2.90. The maximum atomic E-state index is 12.8. The topological polar surface area (TPSA) is 49.7 Å². The van der Waals surface area contributed by atoms with Gasteiger partial charge in [-0.3, -0.25) is 0 Å². The lowest BCUT2D eigenvalue weighted by Gasteiger charge is -2.09. The quantitative estimate of drug-likeness (QED) is 0.683. The van der Waals surface area contributed by atoms with E-state index in [0.717, 1.165) is 12.5 Å². The van der Waals surface area contributed by atoms with E-state index in [2.05, 4.69) is 0 Å². The van der Waals surface area contributed by atoms with Crippen molar-refractivity contribution in [2.45, 2.75) is 13.3 Å². The summed E-state index contributed by atoms with van der Waals surface area (Å²) in [5.74, 6) is -0.208. The van der Waals surface area contributed by atoms with Crippen LogP contribution in [0.3, 0.4) is 0 Å². The zero-order valence-electron chi connectivity index (χ0n) is 7.90. The molecule has 0 spiro atoms. The van der Waals surface area contributed by atoms with E-state index in [1.165, 1.54) is 12.1 Å². The molecule has 0 aliphatic rings. The molecule has 3 nitrogen and oxygen atoms in total. The van der Waals surface area contributed by atoms with E-state index in [4.69, 9.17) is 14.8 Å². The van der Waals surface area contributed by atoms with Crippen LogP contribution in [-0.2, 0) is 0 Å². The molecule has 0 amide bonds. The molecule has 76 valence electrons. The highest BCUT2D eigenvalue weighted by Gasteiger charge is 2.17. The number of hydrogen-bond acceptors (Lipinski definition) is 3. The van der Waals surface area contributed by atoms with E-state index in [1.54, 1.807) is 0 Å². The molecule has 0 aliphatic heterocycles. The number of halogens is 1. The van der Waals surface area contributed by atoms with Gasteiger partial charge in [0.15, 0.2) is 0 Å². The first-order chi connectivity index (χ1) is 6.65. The zero-order valence-corrected chi connectivity index (χ0v) is 7.90. The molecular weight excluding hydrogens is 186 g/mol. The molecule has 0 unspecified atom stereocenters. The van der Waals surface area contributed by atoms with Crippen LogP contribution in [0.4, 0.5) is 4.39 Å².